The molecule has 0 aliphatic carbocycles. The first-order chi connectivity index (χ1) is 6.74. The lowest BCUT2D eigenvalue weighted by Crippen LogP contribution is -2.23. The first-order valence-corrected chi connectivity index (χ1v) is 4.58. The van der Waals surface area contributed by atoms with Crippen molar-refractivity contribution in [2.45, 2.75) is 13.3 Å². The normalized spacial score (nSPS) is 10.1. The molecular formula is C10H13FN2O. The van der Waals surface area contributed by atoms with Crippen molar-refractivity contribution in [2.24, 2.45) is 0 Å². The lowest BCUT2D eigenvalue weighted by Gasteiger charge is -2.01. The Balaban J connectivity index is 2.52. The molecule has 0 aliphatic heterocycles. The van der Waals surface area contributed by atoms with Crippen molar-refractivity contribution < 1.29 is 9.18 Å². The van der Waals surface area contributed by atoms with Crippen LogP contribution in [0.5, 0.6) is 0 Å². The van der Waals surface area contributed by atoms with Crippen molar-refractivity contribution in [1.29, 1.82) is 0 Å². The van der Waals surface area contributed by atoms with Gasteiger partial charge in [0.2, 0.25) is 0 Å². The summed E-state index contributed by atoms with van der Waals surface area (Å²) in [5.74, 6) is -0.614. The fraction of sp³-hybridized carbons (Fsp3) is 0.400. The van der Waals surface area contributed by atoms with E-state index < -0.39 is 5.82 Å². The minimum atomic E-state index is -0.480. The summed E-state index contributed by atoms with van der Waals surface area (Å²) in [5.41, 5.74) is 0.314. The molecule has 0 fully saturated rings. The van der Waals surface area contributed by atoms with Gasteiger partial charge in [0.15, 0.2) is 5.78 Å². The van der Waals surface area contributed by atoms with Crippen molar-refractivity contribution in [1.82, 2.24) is 10.3 Å². The lowest BCUT2D eigenvalue weighted by atomic mass is 10.2. The van der Waals surface area contributed by atoms with E-state index in [2.05, 4.69) is 10.3 Å². The monoisotopic (exact) mass is 196 g/mol. The van der Waals surface area contributed by atoms with Gasteiger partial charge in [-0.15, -0.1) is 0 Å². The minimum Gasteiger partial charge on any atom is -0.310 e. The van der Waals surface area contributed by atoms with E-state index in [9.17, 15) is 9.18 Å². The third kappa shape index (κ3) is 3.22. The molecule has 1 N–H and O–H groups in total. The van der Waals surface area contributed by atoms with Gasteiger partial charge in [-0.25, -0.2) is 4.39 Å². The zero-order chi connectivity index (χ0) is 10.4. The van der Waals surface area contributed by atoms with Crippen LogP contribution in [-0.4, -0.2) is 23.9 Å². The van der Waals surface area contributed by atoms with Gasteiger partial charge in [0, 0.05) is 11.8 Å². The van der Waals surface area contributed by atoms with Gasteiger partial charge in [-0.1, -0.05) is 6.92 Å². The molecule has 3 nitrogen and oxygen atoms in total. The minimum absolute atomic E-state index is 0.134. The van der Waals surface area contributed by atoms with Crippen molar-refractivity contribution in [2.75, 3.05) is 13.1 Å². The number of ketones is 1. The Morgan fingerprint density at radius 3 is 3.00 bits per heavy atom. The van der Waals surface area contributed by atoms with Gasteiger partial charge in [0.1, 0.15) is 5.82 Å². The number of rotatable bonds is 5. The third-order valence-corrected chi connectivity index (χ3v) is 1.74. The van der Waals surface area contributed by atoms with E-state index in [1.807, 2.05) is 6.92 Å². The van der Waals surface area contributed by atoms with Gasteiger partial charge in [-0.05, 0) is 19.0 Å². The van der Waals surface area contributed by atoms with Crippen molar-refractivity contribution in [3.63, 3.8) is 0 Å². The van der Waals surface area contributed by atoms with Crippen LogP contribution in [0.25, 0.3) is 0 Å². The molecular weight excluding hydrogens is 183 g/mol. The molecule has 0 aliphatic rings. The summed E-state index contributed by atoms with van der Waals surface area (Å²) in [6, 6.07) is 1.20. The molecule has 0 spiro atoms. The Morgan fingerprint density at radius 2 is 2.36 bits per heavy atom. The number of Topliss-reactive ketones (excluding diaryl/α,β-unsaturated/α-hetero) is 1. The first kappa shape index (κ1) is 10.8. The Labute approximate surface area is 82.4 Å². The molecule has 0 unspecified atom stereocenters. The zero-order valence-electron chi connectivity index (χ0n) is 8.09. The molecule has 1 heterocycles. The third-order valence-electron chi connectivity index (χ3n) is 1.74. The van der Waals surface area contributed by atoms with E-state index in [0.29, 0.717) is 5.56 Å². The van der Waals surface area contributed by atoms with E-state index in [-0.39, 0.29) is 12.3 Å². The number of nitrogens with one attached hydrogen (secondary N) is 1. The summed E-state index contributed by atoms with van der Waals surface area (Å²) in [6.07, 6.45) is 3.42. The molecule has 0 amide bonds. The van der Waals surface area contributed by atoms with Gasteiger partial charge in [0.25, 0.3) is 0 Å². The molecule has 1 aromatic heterocycles. The number of aromatic nitrogens is 1. The van der Waals surface area contributed by atoms with E-state index in [4.69, 9.17) is 0 Å². The maximum atomic E-state index is 12.7. The molecule has 1 aromatic rings. The van der Waals surface area contributed by atoms with Crippen LogP contribution in [0.3, 0.4) is 0 Å². The molecule has 0 aromatic carbocycles. The fourth-order valence-corrected chi connectivity index (χ4v) is 1.05. The predicted octanol–water partition coefficient (Wildman–Crippen LogP) is 1.40. The van der Waals surface area contributed by atoms with E-state index in [1.54, 1.807) is 0 Å². The molecule has 0 bridgehead atoms. The largest absolute Gasteiger partial charge is 0.310 e. The highest BCUT2D eigenvalue weighted by Crippen LogP contribution is 2.01. The molecule has 76 valence electrons. The summed E-state index contributed by atoms with van der Waals surface area (Å²) in [6.45, 7) is 3.04. The Hall–Kier alpha value is -1.29. The lowest BCUT2D eigenvalue weighted by molar-refractivity contribution is 0.0990. The summed E-state index contributed by atoms with van der Waals surface area (Å²) in [4.78, 5) is 15.0. The second-order valence-corrected chi connectivity index (χ2v) is 2.99. The van der Waals surface area contributed by atoms with Crippen molar-refractivity contribution in [3.05, 3.63) is 29.8 Å². The van der Waals surface area contributed by atoms with Crippen LogP contribution in [0.2, 0.25) is 0 Å². The maximum Gasteiger partial charge on any atom is 0.178 e. The molecule has 0 saturated carbocycles. The smallest absolute Gasteiger partial charge is 0.178 e. The Kier molecular flexibility index (Phi) is 4.19. The summed E-state index contributed by atoms with van der Waals surface area (Å²) < 4.78 is 12.7. The predicted molar refractivity (Wildman–Crippen MR) is 51.7 cm³/mol. The highest BCUT2D eigenvalue weighted by molar-refractivity contribution is 5.97. The van der Waals surface area contributed by atoms with E-state index in [0.717, 1.165) is 19.2 Å². The average Bonchev–Trinajstić information content (AvgIpc) is 2.18. The number of hydrogen-bond donors (Lipinski definition) is 1. The molecule has 0 radical (unpaired) electrons. The van der Waals surface area contributed by atoms with Crippen molar-refractivity contribution in [3.8, 4) is 0 Å². The topological polar surface area (TPSA) is 42.0 Å². The number of halogens is 1. The number of hydrogen-bond acceptors (Lipinski definition) is 3. The number of carbonyl (C=O) groups excluding carboxylic acids is 1. The second-order valence-electron chi connectivity index (χ2n) is 2.99. The first-order valence-electron chi connectivity index (χ1n) is 4.58. The quantitative estimate of drug-likeness (QED) is 0.571. The van der Waals surface area contributed by atoms with Gasteiger partial charge < -0.3 is 5.32 Å². The molecule has 4 heteroatoms. The van der Waals surface area contributed by atoms with Gasteiger partial charge >= 0.3 is 0 Å². The summed E-state index contributed by atoms with van der Waals surface area (Å²) in [7, 11) is 0. The van der Waals surface area contributed by atoms with Crippen LogP contribution >= 0.6 is 0 Å². The number of nitrogens with zero attached hydrogens (tertiary/aromatic N) is 1. The zero-order valence-corrected chi connectivity index (χ0v) is 8.09. The van der Waals surface area contributed by atoms with Gasteiger partial charge in [-0.3, -0.25) is 9.78 Å². The number of pyridine rings is 1. The standard InChI is InChI=1S/C10H13FN2O/c1-2-3-12-7-10(14)8-4-9(11)6-13-5-8/h4-6,12H,2-3,7H2,1H3. The molecule has 1 rings (SSSR count). The number of carbonyl (C=O) groups is 1. The second kappa shape index (κ2) is 5.44. The van der Waals surface area contributed by atoms with Crippen LogP contribution in [0.4, 0.5) is 4.39 Å². The van der Waals surface area contributed by atoms with Crippen LogP contribution in [-0.2, 0) is 0 Å². The summed E-state index contributed by atoms with van der Waals surface area (Å²) in [5, 5.41) is 2.95. The molecule has 0 saturated heterocycles. The van der Waals surface area contributed by atoms with Crippen LogP contribution in [0.15, 0.2) is 18.5 Å². The van der Waals surface area contributed by atoms with Crippen LogP contribution in [0, 0.1) is 5.82 Å². The highest BCUT2D eigenvalue weighted by atomic mass is 19.1. The Bertz CT molecular complexity index is 315. The fourth-order valence-electron chi connectivity index (χ4n) is 1.05. The van der Waals surface area contributed by atoms with Gasteiger partial charge in [-0.2, -0.15) is 0 Å². The van der Waals surface area contributed by atoms with Crippen LogP contribution < -0.4 is 5.32 Å². The highest BCUT2D eigenvalue weighted by Gasteiger charge is 2.05. The SMILES string of the molecule is CCCNCC(=O)c1cncc(F)c1. The molecule has 14 heavy (non-hydrogen) atoms. The van der Waals surface area contributed by atoms with Gasteiger partial charge in [0.05, 0.1) is 12.7 Å². The average molecular weight is 196 g/mol. The maximum absolute atomic E-state index is 12.7. The van der Waals surface area contributed by atoms with Crippen LogP contribution in [0.1, 0.15) is 23.7 Å². The van der Waals surface area contributed by atoms with E-state index in [1.165, 1.54) is 12.3 Å². The molecule has 0 atom stereocenters. The summed E-state index contributed by atoms with van der Waals surface area (Å²) >= 11 is 0. The Morgan fingerprint density at radius 1 is 1.57 bits per heavy atom. The van der Waals surface area contributed by atoms with E-state index >= 15 is 0 Å². The van der Waals surface area contributed by atoms with Crippen molar-refractivity contribution >= 4 is 5.78 Å².